The maximum absolute atomic E-state index is 5.87. The summed E-state index contributed by atoms with van der Waals surface area (Å²) in [5.41, 5.74) is 0.220. The molecular weight excluding hydrogens is 234 g/mol. The molecule has 0 spiro atoms. The predicted octanol–water partition coefficient (Wildman–Crippen LogP) is 4.28. The molecule has 112 valence electrons. The number of nitrogens with one attached hydrogen (secondary N) is 1. The molecule has 2 nitrogen and oxygen atoms in total. The Balaban J connectivity index is 1.93. The number of ether oxygens (including phenoxy) is 1. The van der Waals surface area contributed by atoms with E-state index in [4.69, 9.17) is 4.74 Å². The van der Waals surface area contributed by atoms with Gasteiger partial charge in [0, 0.05) is 13.2 Å². The highest BCUT2D eigenvalue weighted by Crippen LogP contribution is 2.41. The van der Waals surface area contributed by atoms with E-state index >= 15 is 0 Å². The van der Waals surface area contributed by atoms with Crippen molar-refractivity contribution < 1.29 is 4.74 Å². The molecule has 1 N–H and O–H groups in total. The summed E-state index contributed by atoms with van der Waals surface area (Å²) >= 11 is 0. The van der Waals surface area contributed by atoms with Crippen LogP contribution in [-0.2, 0) is 4.74 Å². The van der Waals surface area contributed by atoms with Gasteiger partial charge in [0.05, 0.1) is 5.60 Å². The zero-order valence-corrected chi connectivity index (χ0v) is 13.0. The average Bonchev–Trinajstić information content (AvgIpc) is 2.66. The van der Waals surface area contributed by atoms with E-state index in [0.29, 0.717) is 6.04 Å². The minimum absolute atomic E-state index is 0.220. The summed E-state index contributed by atoms with van der Waals surface area (Å²) in [5, 5.41) is 3.85. The van der Waals surface area contributed by atoms with Crippen molar-refractivity contribution in [2.24, 2.45) is 5.92 Å². The molecule has 2 rings (SSSR count). The van der Waals surface area contributed by atoms with Crippen LogP contribution in [0.4, 0.5) is 0 Å². The smallest absolute Gasteiger partial charge is 0.0693 e. The summed E-state index contributed by atoms with van der Waals surface area (Å²) in [6.07, 6.45) is 15.0. The van der Waals surface area contributed by atoms with Crippen molar-refractivity contribution in [3.8, 4) is 0 Å². The minimum Gasteiger partial charge on any atom is -0.378 e. The normalized spacial score (nSPS) is 25.6. The second-order valence-electron chi connectivity index (χ2n) is 6.76. The van der Waals surface area contributed by atoms with E-state index in [-0.39, 0.29) is 5.60 Å². The van der Waals surface area contributed by atoms with Crippen LogP contribution < -0.4 is 5.32 Å². The minimum atomic E-state index is 0.220. The lowest BCUT2D eigenvalue weighted by molar-refractivity contribution is -0.0873. The molecule has 1 atom stereocenters. The number of hydrogen-bond donors (Lipinski definition) is 1. The molecule has 0 saturated heterocycles. The van der Waals surface area contributed by atoms with Crippen LogP contribution in [0.1, 0.15) is 77.6 Å². The molecule has 0 aliphatic heterocycles. The summed E-state index contributed by atoms with van der Waals surface area (Å²) in [4.78, 5) is 0. The summed E-state index contributed by atoms with van der Waals surface area (Å²) in [5.74, 6) is 0.890. The van der Waals surface area contributed by atoms with Crippen LogP contribution >= 0.6 is 0 Å². The first-order chi connectivity index (χ1) is 9.29. The van der Waals surface area contributed by atoms with Crippen LogP contribution in [0.5, 0.6) is 0 Å². The lowest BCUT2D eigenvalue weighted by Gasteiger charge is -2.44. The fourth-order valence-electron chi connectivity index (χ4n) is 3.91. The van der Waals surface area contributed by atoms with E-state index in [2.05, 4.69) is 12.2 Å². The third-order valence-electron chi connectivity index (χ3n) is 5.42. The van der Waals surface area contributed by atoms with Gasteiger partial charge in [-0.1, -0.05) is 32.6 Å². The SMILES string of the molecule is CCCNC(CC1(OC)CCC1)C1CCCCCC1. The van der Waals surface area contributed by atoms with Gasteiger partial charge in [-0.2, -0.15) is 0 Å². The molecule has 0 bridgehead atoms. The van der Waals surface area contributed by atoms with Gasteiger partial charge in [-0.15, -0.1) is 0 Å². The Kier molecular flexibility index (Phi) is 6.15. The first-order valence-corrected chi connectivity index (χ1v) is 8.58. The highest BCUT2D eigenvalue weighted by atomic mass is 16.5. The van der Waals surface area contributed by atoms with Crippen LogP contribution in [-0.4, -0.2) is 25.3 Å². The average molecular weight is 267 g/mol. The van der Waals surface area contributed by atoms with Crippen LogP contribution in [0.2, 0.25) is 0 Å². The van der Waals surface area contributed by atoms with Gasteiger partial charge in [-0.25, -0.2) is 0 Å². The number of hydrogen-bond acceptors (Lipinski definition) is 2. The highest BCUT2D eigenvalue weighted by Gasteiger charge is 2.40. The van der Waals surface area contributed by atoms with Crippen molar-refractivity contribution in [1.29, 1.82) is 0 Å². The fraction of sp³-hybridized carbons (Fsp3) is 1.00. The van der Waals surface area contributed by atoms with Crippen LogP contribution in [0.15, 0.2) is 0 Å². The van der Waals surface area contributed by atoms with Crippen LogP contribution in [0.3, 0.4) is 0 Å². The molecule has 1 unspecified atom stereocenters. The molecule has 2 aliphatic rings. The Bertz CT molecular complexity index is 236. The fourth-order valence-corrected chi connectivity index (χ4v) is 3.91. The Morgan fingerprint density at radius 3 is 2.26 bits per heavy atom. The molecule has 0 aromatic rings. The van der Waals surface area contributed by atoms with Gasteiger partial charge in [-0.05, 0) is 57.4 Å². The molecule has 0 heterocycles. The maximum Gasteiger partial charge on any atom is 0.0693 e. The van der Waals surface area contributed by atoms with Gasteiger partial charge in [0.15, 0.2) is 0 Å². The summed E-state index contributed by atoms with van der Waals surface area (Å²) in [7, 11) is 1.92. The largest absolute Gasteiger partial charge is 0.378 e. The van der Waals surface area contributed by atoms with Gasteiger partial charge in [-0.3, -0.25) is 0 Å². The predicted molar refractivity (Wildman–Crippen MR) is 81.5 cm³/mol. The van der Waals surface area contributed by atoms with E-state index < -0.39 is 0 Å². The van der Waals surface area contributed by atoms with E-state index in [1.54, 1.807) is 0 Å². The lowest BCUT2D eigenvalue weighted by Crippen LogP contribution is -2.48. The zero-order valence-electron chi connectivity index (χ0n) is 13.0. The van der Waals surface area contributed by atoms with Crippen molar-refractivity contribution in [3.05, 3.63) is 0 Å². The van der Waals surface area contributed by atoms with E-state index in [1.165, 1.54) is 77.2 Å². The summed E-state index contributed by atoms with van der Waals surface area (Å²) in [6.45, 7) is 3.44. The molecule has 0 radical (unpaired) electrons. The van der Waals surface area contributed by atoms with E-state index in [1.807, 2.05) is 7.11 Å². The van der Waals surface area contributed by atoms with Crippen LogP contribution in [0.25, 0.3) is 0 Å². The first-order valence-electron chi connectivity index (χ1n) is 8.58. The molecule has 0 aromatic heterocycles. The van der Waals surface area contributed by atoms with Crippen molar-refractivity contribution in [1.82, 2.24) is 5.32 Å². The standard InChI is InChI=1S/C17H33NO/c1-3-13-18-16(14-17(19-2)11-8-12-17)15-9-6-4-5-7-10-15/h15-16,18H,3-14H2,1-2H3. The Labute approximate surface area is 119 Å². The summed E-state index contributed by atoms with van der Waals surface area (Å²) < 4.78 is 5.87. The Morgan fingerprint density at radius 1 is 1.11 bits per heavy atom. The third kappa shape index (κ3) is 4.19. The van der Waals surface area contributed by atoms with Gasteiger partial charge in [0.2, 0.25) is 0 Å². The van der Waals surface area contributed by atoms with E-state index in [9.17, 15) is 0 Å². The lowest BCUT2D eigenvalue weighted by atomic mass is 9.72. The Morgan fingerprint density at radius 2 is 1.79 bits per heavy atom. The second-order valence-corrected chi connectivity index (χ2v) is 6.76. The molecule has 2 saturated carbocycles. The third-order valence-corrected chi connectivity index (χ3v) is 5.42. The van der Waals surface area contributed by atoms with Gasteiger partial charge in [0.1, 0.15) is 0 Å². The molecule has 0 aromatic carbocycles. The van der Waals surface area contributed by atoms with Crippen LogP contribution in [0, 0.1) is 5.92 Å². The highest BCUT2D eigenvalue weighted by molar-refractivity contribution is 4.95. The van der Waals surface area contributed by atoms with Crippen molar-refractivity contribution in [2.75, 3.05) is 13.7 Å². The zero-order chi connectivity index (χ0) is 13.6. The molecule has 0 amide bonds. The van der Waals surface area contributed by atoms with Crippen molar-refractivity contribution >= 4 is 0 Å². The van der Waals surface area contributed by atoms with E-state index in [0.717, 1.165) is 5.92 Å². The Hall–Kier alpha value is -0.0800. The van der Waals surface area contributed by atoms with Crippen molar-refractivity contribution in [2.45, 2.75) is 89.2 Å². The molecule has 2 aliphatic carbocycles. The maximum atomic E-state index is 5.87. The first kappa shape index (κ1) is 15.3. The summed E-state index contributed by atoms with van der Waals surface area (Å²) in [6, 6.07) is 0.693. The molecule has 2 fully saturated rings. The van der Waals surface area contributed by atoms with Gasteiger partial charge >= 0.3 is 0 Å². The quantitative estimate of drug-likeness (QED) is 0.695. The topological polar surface area (TPSA) is 21.3 Å². The van der Waals surface area contributed by atoms with Crippen molar-refractivity contribution in [3.63, 3.8) is 0 Å². The number of methoxy groups -OCH3 is 1. The molecule has 2 heteroatoms. The van der Waals surface area contributed by atoms with Gasteiger partial charge in [0.25, 0.3) is 0 Å². The number of rotatable bonds is 7. The molecular formula is C17H33NO. The molecule has 19 heavy (non-hydrogen) atoms. The van der Waals surface area contributed by atoms with Gasteiger partial charge < -0.3 is 10.1 Å². The monoisotopic (exact) mass is 267 g/mol. The second kappa shape index (κ2) is 7.64.